The van der Waals surface area contributed by atoms with Gasteiger partial charge in [-0.1, -0.05) is 6.92 Å². The summed E-state index contributed by atoms with van der Waals surface area (Å²) in [5, 5.41) is 0. The molecule has 0 aliphatic carbocycles. The summed E-state index contributed by atoms with van der Waals surface area (Å²) in [6.45, 7) is 7.90. The molecule has 0 aromatic carbocycles. The Morgan fingerprint density at radius 1 is 1.54 bits per heavy atom. The van der Waals surface area contributed by atoms with Crippen LogP contribution in [0.1, 0.15) is 29.2 Å². The Hall–Kier alpha value is -0.630. The minimum Gasteiger partial charge on any atom is -0.300 e. The van der Waals surface area contributed by atoms with Crippen LogP contribution >= 0.6 is 11.3 Å². The Balaban J connectivity index is 2.74. The van der Waals surface area contributed by atoms with Gasteiger partial charge in [-0.25, -0.2) is 0 Å². The van der Waals surface area contributed by atoms with Gasteiger partial charge in [-0.05, 0) is 38.8 Å². The molecule has 1 heterocycles. The van der Waals surface area contributed by atoms with Crippen molar-refractivity contribution in [3.63, 3.8) is 0 Å². The molecule has 0 saturated carbocycles. The van der Waals surface area contributed by atoms with Crippen LogP contribution in [0.3, 0.4) is 0 Å². The van der Waals surface area contributed by atoms with Crippen molar-refractivity contribution >= 4 is 17.1 Å². The van der Waals surface area contributed by atoms with E-state index in [4.69, 9.17) is 0 Å². The van der Waals surface area contributed by atoms with E-state index in [9.17, 15) is 4.79 Å². The zero-order valence-electron chi connectivity index (χ0n) is 8.68. The number of hydrogen-bond acceptors (Lipinski definition) is 2. The minimum absolute atomic E-state index is 0.160. The van der Waals surface area contributed by atoms with Gasteiger partial charge in [0.15, 0.2) is 0 Å². The van der Waals surface area contributed by atoms with Crippen LogP contribution < -0.4 is 0 Å². The lowest BCUT2D eigenvalue weighted by Crippen LogP contribution is -2.09. The summed E-state index contributed by atoms with van der Waals surface area (Å²) in [4.78, 5) is 13.8. The highest BCUT2D eigenvalue weighted by atomic mass is 32.1. The van der Waals surface area contributed by atoms with Crippen molar-refractivity contribution in [2.24, 2.45) is 5.92 Å². The molecule has 13 heavy (non-hydrogen) atoms. The zero-order chi connectivity index (χ0) is 10.0. The molecule has 1 unspecified atom stereocenters. The molecule has 2 heteroatoms. The van der Waals surface area contributed by atoms with E-state index in [1.165, 1.54) is 15.3 Å². The van der Waals surface area contributed by atoms with Crippen LogP contribution in [0.5, 0.6) is 0 Å². The third-order valence-electron chi connectivity index (χ3n) is 2.36. The zero-order valence-corrected chi connectivity index (χ0v) is 9.49. The molecule has 0 fully saturated rings. The van der Waals surface area contributed by atoms with Gasteiger partial charge < -0.3 is 0 Å². The largest absolute Gasteiger partial charge is 0.300 e. The average molecular weight is 196 g/mol. The number of rotatable bonds is 3. The molecule has 1 nitrogen and oxygen atoms in total. The van der Waals surface area contributed by atoms with Gasteiger partial charge in [0.2, 0.25) is 0 Å². The molecule has 72 valence electrons. The van der Waals surface area contributed by atoms with Crippen molar-refractivity contribution in [3.8, 4) is 0 Å². The molecule has 1 atom stereocenters. The van der Waals surface area contributed by atoms with Crippen LogP contribution in [-0.2, 0) is 11.2 Å². The van der Waals surface area contributed by atoms with Gasteiger partial charge in [-0.2, -0.15) is 0 Å². The van der Waals surface area contributed by atoms with Crippen LogP contribution in [0.25, 0.3) is 0 Å². The third kappa shape index (κ3) is 2.66. The van der Waals surface area contributed by atoms with Crippen molar-refractivity contribution in [1.29, 1.82) is 0 Å². The Bertz CT molecular complexity index is 312. The molecular weight excluding hydrogens is 180 g/mol. The fourth-order valence-electron chi connectivity index (χ4n) is 1.36. The molecule has 0 aliphatic rings. The second-order valence-corrected chi connectivity index (χ2v) is 5.11. The van der Waals surface area contributed by atoms with Crippen LogP contribution in [-0.4, -0.2) is 5.78 Å². The number of thiophene rings is 1. The Labute approximate surface area is 83.8 Å². The number of hydrogen-bond donors (Lipinski definition) is 0. The highest BCUT2D eigenvalue weighted by molar-refractivity contribution is 7.12. The summed E-state index contributed by atoms with van der Waals surface area (Å²) in [6, 6.07) is 2.19. The Kier molecular flexibility index (Phi) is 3.26. The van der Waals surface area contributed by atoms with Gasteiger partial charge in [0.25, 0.3) is 0 Å². The van der Waals surface area contributed by atoms with Gasteiger partial charge in [-0.15, -0.1) is 11.3 Å². The van der Waals surface area contributed by atoms with Crippen molar-refractivity contribution in [1.82, 2.24) is 0 Å². The summed E-state index contributed by atoms with van der Waals surface area (Å²) in [6.07, 6.45) is 0.894. The van der Waals surface area contributed by atoms with E-state index in [1.54, 1.807) is 6.92 Å². The highest BCUT2D eigenvalue weighted by Crippen LogP contribution is 2.23. The van der Waals surface area contributed by atoms with Crippen LogP contribution in [0.4, 0.5) is 0 Å². The number of carbonyl (C=O) groups is 1. The highest BCUT2D eigenvalue weighted by Gasteiger charge is 2.11. The van der Waals surface area contributed by atoms with E-state index in [0.29, 0.717) is 0 Å². The predicted molar refractivity (Wildman–Crippen MR) is 57.3 cm³/mol. The van der Waals surface area contributed by atoms with Gasteiger partial charge in [0.05, 0.1) is 0 Å². The monoisotopic (exact) mass is 196 g/mol. The lowest BCUT2D eigenvalue weighted by molar-refractivity contribution is -0.120. The first kappa shape index (κ1) is 10.5. The maximum Gasteiger partial charge on any atom is 0.132 e. The normalized spacial score (nSPS) is 12.9. The number of carbonyl (C=O) groups excluding carboxylic acids is 1. The lowest BCUT2D eigenvalue weighted by Gasteiger charge is -2.05. The van der Waals surface area contributed by atoms with Gasteiger partial charge >= 0.3 is 0 Å². The topological polar surface area (TPSA) is 17.1 Å². The molecule has 0 aliphatic heterocycles. The van der Waals surface area contributed by atoms with E-state index in [2.05, 4.69) is 19.9 Å². The van der Waals surface area contributed by atoms with Crippen LogP contribution in [0.2, 0.25) is 0 Å². The first-order valence-corrected chi connectivity index (χ1v) is 5.38. The Morgan fingerprint density at radius 3 is 2.54 bits per heavy atom. The third-order valence-corrected chi connectivity index (χ3v) is 3.37. The second-order valence-electron chi connectivity index (χ2n) is 3.65. The molecule has 0 N–H and O–H groups in total. The van der Waals surface area contributed by atoms with E-state index < -0.39 is 0 Å². The fourth-order valence-corrected chi connectivity index (χ4v) is 2.32. The number of aryl methyl sites for hydroxylation is 2. The van der Waals surface area contributed by atoms with E-state index in [0.717, 1.165) is 6.42 Å². The summed E-state index contributed by atoms with van der Waals surface area (Å²) in [7, 11) is 0. The van der Waals surface area contributed by atoms with Gasteiger partial charge in [0, 0.05) is 15.7 Å². The van der Waals surface area contributed by atoms with Gasteiger partial charge in [0.1, 0.15) is 5.78 Å². The average Bonchev–Trinajstić information content (AvgIpc) is 2.30. The first-order valence-electron chi connectivity index (χ1n) is 4.57. The molecule has 0 spiro atoms. The van der Waals surface area contributed by atoms with E-state index >= 15 is 0 Å². The van der Waals surface area contributed by atoms with Crippen molar-refractivity contribution in [3.05, 3.63) is 21.4 Å². The molecule has 0 saturated heterocycles. The maximum absolute atomic E-state index is 11.1. The SMILES string of the molecule is CC(=O)C(C)Cc1cc(C)sc1C. The van der Waals surface area contributed by atoms with E-state index in [-0.39, 0.29) is 11.7 Å². The second kappa shape index (κ2) is 4.05. The maximum atomic E-state index is 11.1. The number of Topliss-reactive ketones (excluding diaryl/α,β-unsaturated/α-hetero) is 1. The fraction of sp³-hybridized carbons (Fsp3) is 0.545. The van der Waals surface area contributed by atoms with Crippen LogP contribution in [0.15, 0.2) is 6.07 Å². The molecule has 1 aromatic rings. The quantitative estimate of drug-likeness (QED) is 0.726. The molecule has 1 aromatic heterocycles. The summed E-state index contributed by atoms with van der Waals surface area (Å²) in [5.74, 6) is 0.441. The summed E-state index contributed by atoms with van der Waals surface area (Å²) >= 11 is 1.81. The minimum atomic E-state index is 0.160. The van der Waals surface area contributed by atoms with Crippen LogP contribution in [0, 0.1) is 19.8 Å². The molecule has 0 radical (unpaired) electrons. The smallest absolute Gasteiger partial charge is 0.132 e. The van der Waals surface area contributed by atoms with Crippen molar-refractivity contribution in [2.75, 3.05) is 0 Å². The Morgan fingerprint density at radius 2 is 2.15 bits per heavy atom. The number of ketones is 1. The molecule has 0 amide bonds. The molecule has 0 bridgehead atoms. The van der Waals surface area contributed by atoms with Gasteiger partial charge in [-0.3, -0.25) is 4.79 Å². The summed E-state index contributed by atoms with van der Waals surface area (Å²) in [5.41, 5.74) is 1.34. The summed E-state index contributed by atoms with van der Waals surface area (Å²) < 4.78 is 0. The van der Waals surface area contributed by atoms with E-state index in [1.807, 2.05) is 18.3 Å². The predicted octanol–water partition coefficient (Wildman–Crippen LogP) is 3.13. The lowest BCUT2D eigenvalue weighted by atomic mass is 9.98. The molecule has 1 rings (SSSR count). The van der Waals surface area contributed by atoms with Crippen molar-refractivity contribution < 1.29 is 4.79 Å². The standard InChI is InChI=1S/C11H16OS/c1-7(9(3)12)5-11-6-8(2)13-10(11)4/h6-7H,5H2,1-4H3. The molecular formula is C11H16OS. The van der Waals surface area contributed by atoms with Crippen molar-refractivity contribution in [2.45, 2.75) is 34.1 Å². The first-order chi connectivity index (χ1) is 6.00.